The number of nitrogens with one attached hydrogen (secondary N) is 2. The second-order valence-electron chi connectivity index (χ2n) is 6.89. The van der Waals surface area contributed by atoms with Crippen LogP contribution < -0.4 is 10.6 Å². The molecule has 2 N–H and O–H groups in total. The van der Waals surface area contributed by atoms with E-state index in [2.05, 4.69) is 27.6 Å². The fourth-order valence-corrected chi connectivity index (χ4v) is 3.91. The van der Waals surface area contributed by atoms with Gasteiger partial charge >= 0.3 is 6.18 Å². The molecule has 1 unspecified atom stereocenters. The Morgan fingerprint density at radius 3 is 2.79 bits per heavy atom. The second-order valence-corrected chi connectivity index (χ2v) is 7.75. The number of carbonyl (C=O) groups is 2. The van der Waals surface area contributed by atoms with Gasteiger partial charge in [0.2, 0.25) is 0 Å². The summed E-state index contributed by atoms with van der Waals surface area (Å²) in [6.07, 6.45) is -1.40. The van der Waals surface area contributed by atoms with Crippen molar-refractivity contribution in [3.63, 3.8) is 0 Å². The van der Waals surface area contributed by atoms with Crippen molar-refractivity contribution in [2.45, 2.75) is 31.5 Å². The van der Waals surface area contributed by atoms with Gasteiger partial charge in [-0.25, -0.2) is 4.98 Å². The summed E-state index contributed by atoms with van der Waals surface area (Å²) >= 11 is 1.04. The number of halogens is 3. The number of alkyl halides is 3. The van der Waals surface area contributed by atoms with Gasteiger partial charge in [0.15, 0.2) is 5.13 Å². The third-order valence-electron chi connectivity index (χ3n) is 4.84. The van der Waals surface area contributed by atoms with Gasteiger partial charge in [-0.1, -0.05) is 6.07 Å². The van der Waals surface area contributed by atoms with Crippen molar-refractivity contribution in [2.75, 3.05) is 25.5 Å². The number of hydrogen-bond donors (Lipinski definition) is 2. The smallest absolute Gasteiger partial charge is 0.351 e. The fraction of sp³-hybridized carbons (Fsp3) is 0.421. The van der Waals surface area contributed by atoms with Crippen molar-refractivity contribution in [1.29, 1.82) is 0 Å². The van der Waals surface area contributed by atoms with E-state index in [0.717, 1.165) is 49.3 Å². The Morgan fingerprint density at radius 2 is 2.10 bits per heavy atom. The highest BCUT2D eigenvalue weighted by atomic mass is 32.1. The highest BCUT2D eigenvalue weighted by molar-refractivity contribution is 7.14. The number of thiazole rings is 1. The van der Waals surface area contributed by atoms with Crippen molar-refractivity contribution < 1.29 is 22.8 Å². The van der Waals surface area contributed by atoms with Crippen molar-refractivity contribution in [2.24, 2.45) is 0 Å². The van der Waals surface area contributed by atoms with Crippen LogP contribution in [-0.4, -0.2) is 47.9 Å². The molecule has 1 aliphatic heterocycles. The molecular weight excluding hydrogens is 405 g/mol. The van der Waals surface area contributed by atoms with E-state index in [9.17, 15) is 22.8 Å². The summed E-state index contributed by atoms with van der Waals surface area (Å²) in [6.45, 7) is 1.59. The molecular formula is C19H21F3N4O2S. The number of hydrogen-bond acceptors (Lipinski definition) is 5. The summed E-state index contributed by atoms with van der Waals surface area (Å²) < 4.78 is 38.3. The number of carbonyl (C=O) groups excluding carboxylic acids is 2. The largest absolute Gasteiger partial charge is 0.416 e. The Kier molecular flexibility index (Phi) is 6.53. The van der Waals surface area contributed by atoms with Crippen molar-refractivity contribution >= 4 is 28.3 Å². The summed E-state index contributed by atoms with van der Waals surface area (Å²) in [6, 6.07) is 4.59. The number of rotatable bonds is 6. The van der Waals surface area contributed by atoms with Gasteiger partial charge in [0.1, 0.15) is 5.69 Å². The summed E-state index contributed by atoms with van der Waals surface area (Å²) in [5, 5.41) is 6.89. The average molecular weight is 426 g/mol. The molecule has 29 heavy (non-hydrogen) atoms. The normalized spacial score (nSPS) is 17.3. The zero-order chi connectivity index (χ0) is 21.0. The van der Waals surface area contributed by atoms with Crippen LogP contribution in [0.4, 0.5) is 18.3 Å². The molecule has 1 saturated heterocycles. The Hall–Kier alpha value is -2.46. The molecule has 6 nitrogen and oxygen atoms in total. The van der Waals surface area contributed by atoms with Gasteiger partial charge in [-0.15, -0.1) is 11.3 Å². The standard InChI is InChI=1S/C19H21F3N4O2S/c1-26-9-3-6-14(26)7-8-23-17(28)15-11-29-18(24-15)25-16(27)12-4-2-5-13(10-12)19(20,21)22/h2,4-5,10-11,14H,3,6-9H2,1H3,(H,23,28)(H,24,25,27). The maximum atomic E-state index is 12.8. The molecule has 0 bridgehead atoms. The molecule has 0 saturated carbocycles. The third-order valence-corrected chi connectivity index (χ3v) is 5.60. The van der Waals surface area contributed by atoms with Gasteiger partial charge in [0, 0.05) is 23.5 Å². The van der Waals surface area contributed by atoms with E-state index in [1.807, 2.05) is 0 Å². The molecule has 0 aliphatic carbocycles. The Balaban J connectivity index is 1.54. The van der Waals surface area contributed by atoms with Crippen LogP contribution in [0.1, 0.15) is 45.7 Å². The molecule has 2 heterocycles. The SMILES string of the molecule is CN1CCCC1CCNC(=O)c1csc(NC(=O)c2cccc(C(F)(F)F)c2)n1. The van der Waals surface area contributed by atoms with Crippen molar-refractivity contribution in [3.8, 4) is 0 Å². The predicted molar refractivity (Wildman–Crippen MR) is 104 cm³/mol. The third kappa shape index (κ3) is 5.54. The van der Waals surface area contributed by atoms with E-state index in [0.29, 0.717) is 12.6 Å². The summed E-state index contributed by atoms with van der Waals surface area (Å²) in [5.74, 6) is -1.07. The first-order chi connectivity index (χ1) is 13.7. The zero-order valence-corrected chi connectivity index (χ0v) is 16.6. The first kappa shape index (κ1) is 21.3. The van der Waals surface area contributed by atoms with Crippen LogP contribution >= 0.6 is 11.3 Å². The summed E-state index contributed by atoms with van der Waals surface area (Å²) in [5.41, 5.74) is -0.881. The molecule has 2 amide bonds. The van der Waals surface area contributed by atoms with E-state index < -0.39 is 17.6 Å². The molecule has 1 fully saturated rings. The minimum atomic E-state index is -4.53. The highest BCUT2D eigenvalue weighted by Gasteiger charge is 2.31. The summed E-state index contributed by atoms with van der Waals surface area (Å²) in [4.78, 5) is 30.7. The number of nitrogens with zero attached hydrogens (tertiary/aromatic N) is 2. The first-order valence-electron chi connectivity index (χ1n) is 9.16. The van der Waals surface area contributed by atoms with Crippen LogP contribution in [0.2, 0.25) is 0 Å². The van der Waals surface area contributed by atoms with Crippen LogP contribution in [0.3, 0.4) is 0 Å². The fourth-order valence-electron chi connectivity index (χ4n) is 3.23. The molecule has 1 atom stereocenters. The maximum absolute atomic E-state index is 12.8. The molecule has 1 aromatic carbocycles. The van der Waals surface area contributed by atoms with E-state index in [1.54, 1.807) is 0 Å². The molecule has 1 aromatic heterocycles. The maximum Gasteiger partial charge on any atom is 0.416 e. The van der Waals surface area contributed by atoms with Crippen LogP contribution in [0.5, 0.6) is 0 Å². The lowest BCUT2D eigenvalue weighted by Gasteiger charge is -2.19. The molecule has 0 spiro atoms. The Bertz CT molecular complexity index is 884. The molecule has 10 heteroatoms. The van der Waals surface area contributed by atoms with Crippen LogP contribution in [-0.2, 0) is 6.18 Å². The molecule has 1 aliphatic rings. The topological polar surface area (TPSA) is 74.3 Å². The minimum Gasteiger partial charge on any atom is -0.351 e. The van der Waals surface area contributed by atoms with Gasteiger partial charge in [0.25, 0.3) is 11.8 Å². The lowest BCUT2D eigenvalue weighted by molar-refractivity contribution is -0.137. The second kappa shape index (κ2) is 8.91. The lowest BCUT2D eigenvalue weighted by atomic mass is 10.1. The van der Waals surface area contributed by atoms with E-state index in [-0.39, 0.29) is 22.3 Å². The van der Waals surface area contributed by atoms with Gasteiger partial charge < -0.3 is 10.2 Å². The van der Waals surface area contributed by atoms with E-state index in [1.165, 1.54) is 17.5 Å². The van der Waals surface area contributed by atoms with Gasteiger partial charge in [0.05, 0.1) is 5.56 Å². The monoisotopic (exact) mass is 426 g/mol. The van der Waals surface area contributed by atoms with Crippen LogP contribution in [0.15, 0.2) is 29.6 Å². The Labute approximate surface area is 170 Å². The lowest BCUT2D eigenvalue weighted by Crippen LogP contribution is -2.31. The van der Waals surface area contributed by atoms with Crippen LogP contribution in [0.25, 0.3) is 0 Å². The predicted octanol–water partition coefficient (Wildman–Crippen LogP) is 3.63. The van der Waals surface area contributed by atoms with Gasteiger partial charge in [-0.2, -0.15) is 13.2 Å². The van der Waals surface area contributed by atoms with Crippen molar-refractivity contribution in [1.82, 2.24) is 15.2 Å². The quantitative estimate of drug-likeness (QED) is 0.740. The van der Waals surface area contributed by atoms with Crippen LogP contribution in [0, 0.1) is 0 Å². The molecule has 3 rings (SSSR count). The number of aromatic nitrogens is 1. The Morgan fingerprint density at radius 1 is 1.31 bits per heavy atom. The number of anilines is 1. The average Bonchev–Trinajstić information content (AvgIpc) is 3.30. The van der Waals surface area contributed by atoms with Gasteiger partial charge in [-0.05, 0) is 51.1 Å². The first-order valence-corrected chi connectivity index (χ1v) is 10.0. The zero-order valence-electron chi connectivity index (χ0n) is 15.8. The highest BCUT2D eigenvalue weighted by Crippen LogP contribution is 2.29. The van der Waals surface area contributed by atoms with E-state index >= 15 is 0 Å². The van der Waals surface area contributed by atoms with E-state index in [4.69, 9.17) is 0 Å². The molecule has 156 valence electrons. The van der Waals surface area contributed by atoms with Gasteiger partial charge in [-0.3, -0.25) is 14.9 Å². The molecule has 2 aromatic rings. The van der Waals surface area contributed by atoms with Crippen molar-refractivity contribution in [3.05, 3.63) is 46.5 Å². The number of likely N-dealkylation sites (tertiary alicyclic amines) is 1. The summed E-state index contributed by atoms with van der Waals surface area (Å²) in [7, 11) is 2.07. The molecule has 0 radical (unpaired) electrons. The number of benzene rings is 1. The minimum absolute atomic E-state index is 0.137. The number of amides is 2.